The molecule has 0 rings (SSSR count). The van der Waals surface area contributed by atoms with Crippen LogP contribution in [-0.2, 0) is 28.6 Å². The third kappa shape index (κ3) is 63.4. The molecule has 0 aromatic rings. The van der Waals surface area contributed by atoms with E-state index in [-0.39, 0.29) is 31.1 Å². The Balaban J connectivity index is 4.25. The first-order chi connectivity index (χ1) is 38.5. The number of rotatable bonds is 61. The van der Waals surface area contributed by atoms with Crippen molar-refractivity contribution in [2.75, 3.05) is 13.2 Å². The van der Waals surface area contributed by atoms with E-state index < -0.39 is 6.10 Å². The lowest BCUT2D eigenvalue weighted by molar-refractivity contribution is -0.167. The highest BCUT2D eigenvalue weighted by Crippen LogP contribution is 2.17. The van der Waals surface area contributed by atoms with Crippen LogP contribution in [0.25, 0.3) is 0 Å². The van der Waals surface area contributed by atoms with Crippen molar-refractivity contribution in [3.05, 3.63) is 85.1 Å². The topological polar surface area (TPSA) is 78.9 Å². The summed E-state index contributed by atoms with van der Waals surface area (Å²) in [5.41, 5.74) is 0. The van der Waals surface area contributed by atoms with Crippen LogP contribution in [0.3, 0.4) is 0 Å². The van der Waals surface area contributed by atoms with Crippen molar-refractivity contribution in [2.24, 2.45) is 0 Å². The van der Waals surface area contributed by atoms with E-state index in [0.717, 1.165) is 109 Å². The number of ether oxygens (including phenoxy) is 3. The smallest absolute Gasteiger partial charge is 0.306 e. The molecule has 1 atom stereocenters. The molecule has 0 fully saturated rings. The average Bonchev–Trinajstić information content (AvgIpc) is 3.44. The van der Waals surface area contributed by atoms with Crippen molar-refractivity contribution < 1.29 is 28.6 Å². The van der Waals surface area contributed by atoms with E-state index in [1.807, 2.05) is 0 Å². The fourth-order valence-electron chi connectivity index (χ4n) is 9.66. The largest absolute Gasteiger partial charge is 0.462 e. The van der Waals surface area contributed by atoms with Gasteiger partial charge < -0.3 is 14.2 Å². The first-order valence-electron chi connectivity index (χ1n) is 33.6. The molecule has 0 N–H and O–H groups in total. The van der Waals surface area contributed by atoms with Crippen LogP contribution in [0.15, 0.2) is 85.1 Å². The second kappa shape index (κ2) is 66.1. The Hall–Kier alpha value is -3.41. The Morgan fingerprint density at radius 2 is 0.500 bits per heavy atom. The second-order valence-electron chi connectivity index (χ2n) is 22.4. The summed E-state index contributed by atoms with van der Waals surface area (Å²) in [6, 6.07) is 0. The first kappa shape index (κ1) is 74.6. The Morgan fingerprint density at radius 1 is 0.269 bits per heavy atom. The molecule has 0 aromatic heterocycles. The third-order valence-electron chi connectivity index (χ3n) is 14.7. The molecule has 0 bridgehead atoms. The highest BCUT2D eigenvalue weighted by molar-refractivity contribution is 5.71. The minimum Gasteiger partial charge on any atom is -0.462 e. The van der Waals surface area contributed by atoms with Crippen LogP contribution in [0.1, 0.15) is 335 Å². The lowest BCUT2D eigenvalue weighted by Crippen LogP contribution is -2.30. The fourth-order valence-corrected chi connectivity index (χ4v) is 9.66. The summed E-state index contributed by atoms with van der Waals surface area (Å²) in [6.07, 6.45) is 87.4. The third-order valence-corrected chi connectivity index (χ3v) is 14.7. The summed E-state index contributed by atoms with van der Waals surface area (Å²) in [6.45, 7) is 6.57. The maximum absolute atomic E-state index is 12.9. The number of hydrogen-bond acceptors (Lipinski definition) is 6. The molecule has 0 amide bonds. The molecule has 0 heterocycles. The zero-order valence-electron chi connectivity index (χ0n) is 51.7. The SMILES string of the molecule is CC/C=C\C/C=C\C/C=C\C/C=C\C/C=C\C/C=C\C/C=C\CCCCCCCCCCCC(=O)OCC(COC(=O)CCCCCCCCCCCCCCCC)OC(=O)CCCCCCCCCCCCCCCCC. The van der Waals surface area contributed by atoms with Gasteiger partial charge in [0.05, 0.1) is 0 Å². The van der Waals surface area contributed by atoms with Gasteiger partial charge >= 0.3 is 17.9 Å². The van der Waals surface area contributed by atoms with Gasteiger partial charge in [-0.3, -0.25) is 14.4 Å². The van der Waals surface area contributed by atoms with Crippen LogP contribution in [0.2, 0.25) is 0 Å². The molecule has 78 heavy (non-hydrogen) atoms. The van der Waals surface area contributed by atoms with Crippen molar-refractivity contribution in [3.8, 4) is 0 Å². The van der Waals surface area contributed by atoms with E-state index in [1.165, 1.54) is 186 Å². The molecular formula is C72H126O6. The van der Waals surface area contributed by atoms with Gasteiger partial charge in [-0.15, -0.1) is 0 Å². The Morgan fingerprint density at radius 3 is 0.782 bits per heavy atom. The zero-order valence-corrected chi connectivity index (χ0v) is 51.7. The van der Waals surface area contributed by atoms with Gasteiger partial charge in [-0.2, -0.15) is 0 Å². The molecule has 0 saturated heterocycles. The molecule has 0 aromatic carbocycles. The standard InChI is InChI=1S/C72H126O6/c1-4-7-10-13-16-19-22-25-28-29-30-31-32-33-34-35-36-37-38-39-40-41-42-43-45-47-50-53-56-59-62-65-71(74)77-68-69(67-76-70(73)64-61-58-55-52-49-46-27-24-21-18-15-12-9-6-3)78-72(75)66-63-60-57-54-51-48-44-26-23-20-17-14-11-8-5-2/h7,10,16,19,25,28,30-31,33-34,36-37,39-40,69H,4-6,8-9,11-15,17-18,20-24,26-27,29,32,35,38,41-68H2,1-3H3/b10-7-,19-16-,28-25-,31-30-,34-33-,37-36-,40-39-. The summed E-state index contributed by atoms with van der Waals surface area (Å²) < 4.78 is 16.9. The molecule has 0 spiro atoms. The highest BCUT2D eigenvalue weighted by Gasteiger charge is 2.19. The number of esters is 3. The van der Waals surface area contributed by atoms with Gasteiger partial charge in [0, 0.05) is 19.3 Å². The Labute approximate surface area is 484 Å². The van der Waals surface area contributed by atoms with E-state index in [0.29, 0.717) is 19.3 Å². The molecule has 6 nitrogen and oxygen atoms in total. The quantitative estimate of drug-likeness (QED) is 0.0261. The van der Waals surface area contributed by atoms with Crippen molar-refractivity contribution in [1.82, 2.24) is 0 Å². The molecule has 0 saturated carbocycles. The van der Waals surface area contributed by atoms with Crippen LogP contribution in [-0.4, -0.2) is 37.2 Å². The summed E-state index contributed by atoms with van der Waals surface area (Å²) in [4.78, 5) is 38.3. The number of carbonyl (C=O) groups excluding carboxylic acids is 3. The van der Waals surface area contributed by atoms with E-state index in [4.69, 9.17) is 14.2 Å². The Bertz CT molecular complexity index is 1480. The normalized spacial score (nSPS) is 12.6. The maximum atomic E-state index is 12.9. The maximum Gasteiger partial charge on any atom is 0.306 e. The molecule has 0 aliphatic rings. The molecule has 6 heteroatoms. The van der Waals surface area contributed by atoms with Crippen LogP contribution in [0, 0.1) is 0 Å². The van der Waals surface area contributed by atoms with Gasteiger partial charge in [0.1, 0.15) is 13.2 Å². The zero-order chi connectivity index (χ0) is 56.4. The second-order valence-corrected chi connectivity index (χ2v) is 22.4. The fraction of sp³-hybridized carbons (Fsp3) is 0.764. The van der Waals surface area contributed by atoms with Crippen molar-refractivity contribution in [1.29, 1.82) is 0 Å². The number of allylic oxidation sites excluding steroid dienone is 14. The van der Waals surface area contributed by atoms with Gasteiger partial charge in [-0.05, 0) is 77.0 Å². The highest BCUT2D eigenvalue weighted by atomic mass is 16.6. The van der Waals surface area contributed by atoms with Gasteiger partial charge in [0.2, 0.25) is 0 Å². The lowest BCUT2D eigenvalue weighted by atomic mass is 10.0. The molecule has 1 unspecified atom stereocenters. The van der Waals surface area contributed by atoms with E-state index >= 15 is 0 Å². The minimum absolute atomic E-state index is 0.0723. The molecular weight excluding hydrogens is 961 g/mol. The van der Waals surface area contributed by atoms with Crippen molar-refractivity contribution in [3.63, 3.8) is 0 Å². The van der Waals surface area contributed by atoms with E-state index in [1.54, 1.807) is 0 Å². The number of unbranched alkanes of at least 4 members (excludes halogenated alkanes) is 36. The predicted molar refractivity (Wildman–Crippen MR) is 339 cm³/mol. The van der Waals surface area contributed by atoms with Gasteiger partial charge in [0.25, 0.3) is 0 Å². The molecule has 0 aliphatic heterocycles. The van der Waals surface area contributed by atoms with Crippen molar-refractivity contribution >= 4 is 17.9 Å². The van der Waals surface area contributed by atoms with Crippen LogP contribution in [0.4, 0.5) is 0 Å². The molecule has 0 aliphatic carbocycles. The van der Waals surface area contributed by atoms with Crippen LogP contribution < -0.4 is 0 Å². The van der Waals surface area contributed by atoms with Crippen LogP contribution in [0.5, 0.6) is 0 Å². The van der Waals surface area contributed by atoms with Crippen molar-refractivity contribution in [2.45, 2.75) is 341 Å². The molecule has 0 radical (unpaired) electrons. The van der Waals surface area contributed by atoms with Gasteiger partial charge in [-0.1, -0.05) is 324 Å². The summed E-state index contributed by atoms with van der Waals surface area (Å²) in [7, 11) is 0. The average molecular weight is 1090 g/mol. The lowest BCUT2D eigenvalue weighted by Gasteiger charge is -2.18. The summed E-state index contributed by atoms with van der Waals surface area (Å²) in [5, 5.41) is 0. The minimum atomic E-state index is -0.776. The van der Waals surface area contributed by atoms with Gasteiger partial charge in [0.15, 0.2) is 6.10 Å². The monoisotopic (exact) mass is 1090 g/mol. The summed E-state index contributed by atoms with van der Waals surface area (Å²) in [5.74, 6) is -0.860. The Kier molecular flexibility index (Phi) is 63.2. The van der Waals surface area contributed by atoms with E-state index in [2.05, 4.69) is 106 Å². The number of carbonyl (C=O) groups is 3. The molecule has 450 valence electrons. The van der Waals surface area contributed by atoms with Crippen LogP contribution >= 0.6 is 0 Å². The number of hydrogen-bond donors (Lipinski definition) is 0. The first-order valence-corrected chi connectivity index (χ1v) is 33.6. The summed E-state index contributed by atoms with van der Waals surface area (Å²) >= 11 is 0. The van der Waals surface area contributed by atoms with Gasteiger partial charge in [-0.25, -0.2) is 0 Å². The predicted octanol–water partition coefficient (Wildman–Crippen LogP) is 23.1. The van der Waals surface area contributed by atoms with E-state index in [9.17, 15) is 14.4 Å².